The zero-order valence-electron chi connectivity index (χ0n) is 19.9. The van der Waals surface area contributed by atoms with Crippen LogP contribution in [0, 0.1) is 12.5 Å². The van der Waals surface area contributed by atoms with Crippen LogP contribution in [-0.4, -0.2) is 32.4 Å². The Labute approximate surface area is 205 Å². The fourth-order valence-corrected chi connectivity index (χ4v) is 5.39. The first-order chi connectivity index (χ1) is 17.2. The summed E-state index contributed by atoms with van der Waals surface area (Å²) in [5.74, 6) is 0.676. The zero-order valence-corrected chi connectivity index (χ0v) is 19.9. The number of nitrogens with zero attached hydrogens (tertiary/aromatic N) is 5. The second-order valence-electron chi connectivity index (χ2n) is 9.50. The van der Waals surface area contributed by atoms with Crippen LogP contribution >= 0.6 is 0 Å². The zero-order chi connectivity index (χ0) is 23.8. The molecule has 0 aliphatic carbocycles. The van der Waals surface area contributed by atoms with E-state index in [9.17, 15) is 0 Å². The van der Waals surface area contributed by atoms with Crippen LogP contribution in [0.5, 0.6) is 0 Å². The van der Waals surface area contributed by atoms with Gasteiger partial charge in [0.1, 0.15) is 0 Å². The van der Waals surface area contributed by atoms with Crippen LogP contribution in [0.2, 0.25) is 0 Å². The highest BCUT2D eigenvalue weighted by molar-refractivity contribution is 6.02. The van der Waals surface area contributed by atoms with Crippen LogP contribution in [0.3, 0.4) is 0 Å². The SMILES string of the molecule is [C-]#[N+]c1ccc(-c2c(-c3ccc4c(cnn4C)c3)ncc3c2ccn3CC2CCCNCC2)cc1. The molecule has 6 heteroatoms. The summed E-state index contributed by atoms with van der Waals surface area (Å²) in [6.45, 7) is 10.6. The summed E-state index contributed by atoms with van der Waals surface area (Å²) >= 11 is 0. The van der Waals surface area contributed by atoms with Crippen molar-refractivity contribution in [1.82, 2.24) is 24.6 Å². The van der Waals surface area contributed by atoms with E-state index in [4.69, 9.17) is 11.6 Å². The third kappa shape index (κ3) is 3.98. The third-order valence-electron chi connectivity index (χ3n) is 7.28. The number of benzene rings is 2. The first kappa shape index (κ1) is 21.6. The Balaban J connectivity index is 1.50. The number of aromatic nitrogens is 4. The number of fused-ring (bicyclic) bond motifs is 2. The number of rotatable bonds is 4. The molecule has 1 unspecified atom stereocenters. The van der Waals surface area contributed by atoms with Gasteiger partial charge in [0.2, 0.25) is 0 Å². The van der Waals surface area contributed by atoms with Crippen molar-refractivity contribution in [3.8, 4) is 22.4 Å². The highest BCUT2D eigenvalue weighted by Crippen LogP contribution is 2.38. The van der Waals surface area contributed by atoms with Crippen LogP contribution < -0.4 is 5.32 Å². The quantitative estimate of drug-likeness (QED) is 0.325. The number of aryl methyl sites for hydroxylation is 1. The lowest BCUT2D eigenvalue weighted by Gasteiger charge is -2.17. The molecule has 6 rings (SSSR count). The largest absolute Gasteiger partial charge is 0.346 e. The van der Waals surface area contributed by atoms with Gasteiger partial charge >= 0.3 is 0 Å². The van der Waals surface area contributed by atoms with Gasteiger partial charge in [-0.25, -0.2) is 4.85 Å². The Morgan fingerprint density at radius 2 is 1.86 bits per heavy atom. The monoisotopic (exact) mass is 460 g/mol. The molecule has 0 spiro atoms. The van der Waals surface area contributed by atoms with Crippen molar-refractivity contribution in [2.45, 2.75) is 25.8 Å². The fourth-order valence-electron chi connectivity index (χ4n) is 5.39. The van der Waals surface area contributed by atoms with Crippen LogP contribution in [0.15, 0.2) is 67.1 Å². The molecule has 1 aliphatic heterocycles. The maximum Gasteiger partial charge on any atom is 0.187 e. The van der Waals surface area contributed by atoms with Crippen LogP contribution in [0.25, 0.3) is 49.0 Å². The standard InChI is InChI=1S/C29H28N6/c1-30-24-8-5-21(6-9-24)28-25-12-15-35(19-20-4-3-13-31-14-11-20)27(25)18-32-29(28)22-7-10-26-23(16-22)17-33-34(26)2/h5-10,12,15-18,20,31H,3-4,11,13-14,19H2,2H3. The van der Waals surface area contributed by atoms with E-state index in [1.165, 1.54) is 24.6 Å². The predicted octanol–water partition coefficient (Wildman–Crippen LogP) is 6.20. The number of pyridine rings is 1. The van der Waals surface area contributed by atoms with E-state index in [2.05, 4.69) is 50.3 Å². The molecule has 3 aromatic heterocycles. The van der Waals surface area contributed by atoms with Gasteiger partial charge in [0.15, 0.2) is 5.69 Å². The molecule has 1 fully saturated rings. The highest BCUT2D eigenvalue weighted by Gasteiger charge is 2.19. The number of hydrogen-bond donors (Lipinski definition) is 1. The smallest absolute Gasteiger partial charge is 0.187 e. The molecule has 1 aliphatic rings. The van der Waals surface area contributed by atoms with E-state index in [-0.39, 0.29) is 0 Å². The van der Waals surface area contributed by atoms with E-state index >= 15 is 0 Å². The summed E-state index contributed by atoms with van der Waals surface area (Å²) in [4.78, 5) is 8.61. The van der Waals surface area contributed by atoms with Crippen molar-refractivity contribution in [3.63, 3.8) is 0 Å². The van der Waals surface area contributed by atoms with E-state index in [1.54, 1.807) is 0 Å². The van der Waals surface area contributed by atoms with Gasteiger partial charge in [-0.1, -0.05) is 30.3 Å². The molecule has 0 amide bonds. The molecule has 6 nitrogen and oxygen atoms in total. The van der Waals surface area contributed by atoms with Gasteiger partial charge in [-0.3, -0.25) is 9.67 Å². The van der Waals surface area contributed by atoms with Crippen molar-refractivity contribution < 1.29 is 0 Å². The highest BCUT2D eigenvalue weighted by atomic mass is 15.2. The van der Waals surface area contributed by atoms with E-state index in [0.29, 0.717) is 11.6 Å². The molecule has 0 radical (unpaired) electrons. The maximum absolute atomic E-state index is 7.34. The summed E-state index contributed by atoms with van der Waals surface area (Å²) in [6.07, 6.45) is 9.86. The molecule has 1 atom stereocenters. The number of hydrogen-bond acceptors (Lipinski definition) is 3. The van der Waals surface area contributed by atoms with Crippen molar-refractivity contribution in [2.75, 3.05) is 13.1 Å². The minimum Gasteiger partial charge on any atom is -0.346 e. The molecule has 1 saturated heterocycles. The summed E-state index contributed by atoms with van der Waals surface area (Å²) < 4.78 is 4.27. The first-order valence-corrected chi connectivity index (χ1v) is 12.3. The average Bonchev–Trinajstić information content (AvgIpc) is 3.37. The predicted molar refractivity (Wildman–Crippen MR) is 141 cm³/mol. The Bertz CT molecular complexity index is 1540. The lowest BCUT2D eigenvalue weighted by atomic mass is 9.95. The molecule has 1 N–H and O–H groups in total. The minimum atomic E-state index is 0.645. The van der Waals surface area contributed by atoms with Gasteiger partial charge in [-0.05, 0) is 62.0 Å². The molecular formula is C29H28N6. The molecule has 174 valence electrons. The van der Waals surface area contributed by atoms with Crippen LogP contribution in [0.4, 0.5) is 5.69 Å². The first-order valence-electron chi connectivity index (χ1n) is 12.3. The van der Waals surface area contributed by atoms with Crippen molar-refractivity contribution in [3.05, 3.63) is 78.5 Å². The lowest BCUT2D eigenvalue weighted by Crippen LogP contribution is -2.15. The van der Waals surface area contributed by atoms with Gasteiger partial charge in [-0.2, -0.15) is 5.10 Å². The molecule has 0 bridgehead atoms. The van der Waals surface area contributed by atoms with Gasteiger partial charge in [0.25, 0.3) is 0 Å². The lowest BCUT2D eigenvalue weighted by molar-refractivity contribution is 0.410. The van der Waals surface area contributed by atoms with Gasteiger partial charge in [0, 0.05) is 41.7 Å². The molecule has 2 aromatic carbocycles. The normalized spacial score (nSPS) is 16.4. The van der Waals surface area contributed by atoms with E-state index in [1.807, 2.05) is 48.4 Å². The van der Waals surface area contributed by atoms with Gasteiger partial charge < -0.3 is 9.88 Å². The Morgan fingerprint density at radius 1 is 1.00 bits per heavy atom. The van der Waals surface area contributed by atoms with E-state index < -0.39 is 0 Å². The number of nitrogens with one attached hydrogen (secondary N) is 1. The molecular weight excluding hydrogens is 432 g/mol. The summed E-state index contributed by atoms with van der Waals surface area (Å²) in [5, 5.41) is 10.2. The molecule has 0 saturated carbocycles. The topological polar surface area (TPSA) is 52.0 Å². The van der Waals surface area contributed by atoms with Gasteiger partial charge in [-0.15, -0.1) is 0 Å². The van der Waals surface area contributed by atoms with Crippen molar-refractivity contribution >= 4 is 27.5 Å². The molecule has 35 heavy (non-hydrogen) atoms. The summed E-state index contributed by atoms with van der Waals surface area (Å²) in [6, 6.07) is 16.5. The second kappa shape index (κ2) is 9.01. The minimum absolute atomic E-state index is 0.645. The van der Waals surface area contributed by atoms with Crippen LogP contribution in [0.1, 0.15) is 19.3 Å². The van der Waals surface area contributed by atoms with Crippen molar-refractivity contribution in [2.24, 2.45) is 13.0 Å². The van der Waals surface area contributed by atoms with Gasteiger partial charge in [0.05, 0.1) is 35.7 Å². The second-order valence-corrected chi connectivity index (χ2v) is 9.50. The maximum atomic E-state index is 7.34. The molecule has 5 aromatic rings. The van der Waals surface area contributed by atoms with Crippen LogP contribution in [-0.2, 0) is 13.6 Å². The summed E-state index contributed by atoms with van der Waals surface area (Å²) in [5.41, 5.74) is 7.12. The average molecular weight is 461 g/mol. The van der Waals surface area contributed by atoms with Crippen molar-refractivity contribution in [1.29, 1.82) is 0 Å². The van der Waals surface area contributed by atoms with E-state index in [0.717, 1.165) is 58.4 Å². The Kier molecular flexibility index (Phi) is 5.55. The molecule has 4 heterocycles. The Hall–Kier alpha value is -3.95. The summed E-state index contributed by atoms with van der Waals surface area (Å²) in [7, 11) is 1.96. The Morgan fingerprint density at radius 3 is 2.71 bits per heavy atom. The third-order valence-corrected chi connectivity index (χ3v) is 7.28. The fraction of sp³-hybridized carbons (Fsp3) is 0.276.